The molecule has 8 nitrogen and oxygen atoms in total. The molecule has 0 aliphatic carbocycles. The van der Waals surface area contributed by atoms with Crippen molar-refractivity contribution in [1.82, 2.24) is 0 Å². The third-order valence-electron chi connectivity index (χ3n) is 5.04. The second-order valence-corrected chi connectivity index (χ2v) is 7.05. The summed E-state index contributed by atoms with van der Waals surface area (Å²) in [6, 6.07) is 21.0. The molecule has 8 heteroatoms. The maximum absolute atomic E-state index is 12.9. The zero-order valence-electron chi connectivity index (χ0n) is 16.9. The van der Waals surface area contributed by atoms with Crippen LogP contribution in [0.4, 0.5) is 17.1 Å². The number of rotatable bonds is 6. The monoisotopic (exact) mass is 419 g/mol. The van der Waals surface area contributed by atoms with Crippen molar-refractivity contribution in [3.8, 4) is 5.75 Å². The lowest BCUT2D eigenvalue weighted by molar-refractivity contribution is -0.384. The normalized spacial score (nSPS) is 15.1. The Morgan fingerprint density at radius 2 is 1.94 bits per heavy atom. The van der Waals surface area contributed by atoms with Crippen molar-refractivity contribution >= 4 is 23.0 Å². The van der Waals surface area contributed by atoms with Crippen LogP contribution in [0.15, 0.2) is 72.8 Å². The molecule has 0 spiro atoms. The number of nitro groups is 1. The number of amides is 1. The second kappa shape index (κ2) is 8.85. The number of benzene rings is 3. The van der Waals surface area contributed by atoms with Crippen LogP contribution >= 0.6 is 0 Å². The first-order chi connectivity index (χ1) is 15.0. The van der Waals surface area contributed by atoms with E-state index in [1.165, 1.54) is 12.1 Å². The fourth-order valence-electron chi connectivity index (χ4n) is 3.56. The maximum Gasteiger partial charge on any atom is 0.269 e. The van der Waals surface area contributed by atoms with E-state index in [-0.39, 0.29) is 18.1 Å². The molecule has 1 atom stereocenters. The van der Waals surface area contributed by atoms with E-state index in [4.69, 9.17) is 9.47 Å². The van der Waals surface area contributed by atoms with Gasteiger partial charge in [0.1, 0.15) is 12.3 Å². The largest absolute Gasteiger partial charge is 0.497 e. The fraction of sp³-hybridized carbons (Fsp3) is 0.174. The predicted octanol–water partition coefficient (Wildman–Crippen LogP) is 4.28. The number of nitro benzene ring substituents is 1. The summed E-state index contributed by atoms with van der Waals surface area (Å²) >= 11 is 0. The summed E-state index contributed by atoms with van der Waals surface area (Å²) in [6.45, 7) is 0.418. The number of hydrogen-bond acceptors (Lipinski definition) is 6. The van der Waals surface area contributed by atoms with Crippen LogP contribution in [0.2, 0.25) is 0 Å². The van der Waals surface area contributed by atoms with Crippen molar-refractivity contribution in [2.24, 2.45) is 0 Å². The molecule has 3 aromatic carbocycles. The van der Waals surface area contributed by atoms with E-state index in [0.29, 0.717) is 18.0 Å². The molecule has 31 heavy (non-hydrogen) atoms. The molecule has 0 fully saturated rings. The lowest BCUT2D eigenvalue weighted by Crippen LogP contribution is -2.40. The van der Waals surface area contributed by atoms with Gasteiger partial charge >= 0.3 is 0 Å². The molecule has 0 bridgehead atoms. The molecular formula is C23H21N3O5. The topological polar surface area (TPSA) is 93.9 Å². The Bertz CT molecular complexity index is 1100. The molecule has 0 saturated heterocycles. The lowest BCUT2D eigenvalue weighted by atomic mass is 10.1. The Hall–Kier alpha value is -3.91. The zero-order valence-corrected chi connectivity index (χ0v) is 16.9. The molecule has 1 aliphatic heterocycles. The van der Waals surface area contributed by atoms with Gasteiger partial charge in [-0.05, 0) is 30.3 Å². The van der Waals surface area contributed by atoms with Crippen LogP contribution in [0.1, 0.15) is 17.4 Å². The van der Waals surface area contributed by atoms with Gasteiger partial charge in [0.25, 0.3) is 5.69 Å². The highest BCUT2D eigenvalue weighted by Gasteiger charge is 2.30. The number of nitrogens with one attached hydrogen (secondary N) is 1. The van der Waals surface area contributed by atoms with Gasteiger partial charge in [0, 0.05) is 40.7 Å². The van der Waals surface area contributed by atoms with Gasteiger partial charge in [0.05, 0.1) is 18.6 Å². The van der Waals surface area contributed by atoms with E-state index in [9.17, 15) is 14.9 Å². The highest BCUT2D eigenvalue weighted by molar-refractivity contribution is 5.94. The number of para-hydroxylation sites is 1. The van der Waals surface area contributed by atoms with E-state index >= 15 is 0 Å². The quantitative estimate of drug-likeness (QED) is 0.474. The molecule has 1 N–H and O–H groups in total. The standard InChI is InChI=1S/C23H21N3O5/c1-30-20-7-4-6-18(13-20)24-22(27)14-25-21-8-3-2-5-17(21)15-31-23(25)16-9-11-19(12-10-16)26(28)29/h2-13,23H,14-15H2,1H3,(H,24,27). The van der Waals surface area contributed by atoms with E-state index in [0.717, 1.165) is 16.8 Å². The van der Waals surface area contributed by atoms with Crippen LogP contribution in [0.3, 0.4) is 0 Å². The maximum atomic E-state index is 12.9. The van der Waals surface area contributed by atoms with Gasteiger partial charge in [-0.1, -0.05) is 24.3 Å². The van der Waals surface area contributed by atoms with Gasteiger partial charge in [0.15, 0.2) is 6.23 Å². The Labute approximate surface area is 179 Å². The highest BCUT2D eigenvalue weighted by atomic mass is 16.6. The molecule has 1 heterocycles. The van der Waals surface area contributed by atoms with Crippen molar-refractivity contribution in [3.63, 3.8) is 0 Å². The smallest absolute Gasteiger partial charge is 0.269 e. The number of non-ortho nitro benzene ring substituents is 1. The molecule has 3 aromatic rings. The molecule has 0 aromatic heterocycles. The first kappa shape index (κ1) is 20.4. The molecule has 1 unspecified atom stereocenters. The molecule has 158 valence electrons. The minimum absolute atomic E-state index is 0.00211. The van der Waals surface area contributed by atoms with E-state index in [1.807, 2.05) is 29.2 Å². The third kappa shape index (κ3) is 4.49. The van der Waals surface area contributed by atoms with Crippen LogP contribution in [0, 0.1) is 10.1 Å². The van der Waals surface area contributed by atoms with Gasteiger partial charge in [-0.15, -0.1) is 0 Å². The summed E-state index contributed by atoms with van der Waals surface area (Å²) in [4.78, 5) is 25.3. The van der Waals surface area contributed by atoms with Gasteiger partial charge in [-0.3, -0.25) is 14.9 Å². The average Bonchev–Trinajstić information content (AvgIpc) is 2.79. The number of carbonyl (C=O) groups is 1. The van der Waals surface area contributed by atoms with Crippen LogP contribution in [-0.4, -0.2) is 24.5 Å². The summed E-state index contributed by atoms with van der Waals surface area (Å²) in [6.07, 6.45) is -0.549. The molecule has 0 saturated carbocycles. The molecule has 4 rings (SSSR count). The Kier molecular flexibility index (Phi) is 5.81. The summed E-state index contributed by atoms with van der Waals surface area (Å²) in [7, 11) is 1.57. The summed E-state index contributed by atoms with van der Waals surface area (Å²) < 4.78 is 11.3. The third-order valence-corrected chi connectivity index (χ3v) is 5.04. The number of carbonyl (C=O) groups excluding carboxylic acids is 1. The Balaban J connectivity index is 1.60. The number of ether oxygens (including phenoxy) is 2. The summed E-state index contributed by atoms with van der Waals surface area (Å²) in [5.74, 6) is 0.425. The number of nitrogens with zero attached hydrogens (tertiary/aromatic N) is 2. The average molecular weight is 419 g/mol. The van der Waals surface area contributed by atoms with Gasteiger partial charge in [-0.25, -0.2) is 0 Å². The minimum Gasteiger partial charge on any atom is -0.497 e. The first-order valence-corrected chi connectivity index (χ1v) is 9.69. The number of anilines is 2. The second-order valence-electron chi connectivity index (χ2n) is 7.05. The van der Waals surface area contributed by atoms with Crippen molar-refractivity contribution in [2.45, 2.75) is 12.8 Å². The highest BCUT2D eigenvalue weighted by Crippen LogP contribution is 2.37. The van der Waals surface area contributed by atoms with Crippen molar-refractivity contribution in [1.29, 1.82) is 0 Å². The summed E-state index contributed by atoms with van der Waals surface area (Å²) in [5, 5.41) is 13.9. The van der Waals surface area contributed by atoms with E-state index in [1.54, 1.807) is 43.5 Å². The molecule has 1 amide bonds. The van der Waals surface area contributed by atoms with Crippen LogP contribution < -0.4 is 15.0 Å². The van der Waals surface area contributed by atoms with E-state index in [2.05, 4.69) is 5.32 Å². The first-order valence-electron chi connectivity index (χ1n) is 9.69. The van der Waals surface area contributed by atoms with E-state index < -0.39 is 11.2 Å². The SMILES string of the molecule is COc1cccc(NC(=O)CN2c3ccccc3COC2c2ccc([N+](=O)[O-])cc2)c1. The van der Waals surface area contributed by atoms with Gasteiger partial charge < -0.3 is 19.7 Å². The number of methoxy groups -OCH3 is 1. The van der Waals surface area contributed by atoms with Crippen molar-refractivity contribution in [3.05, 3.63) is 94.0 Å². The minimum atomic E-state index is -0.549. The molecule has 1 aliphatic rings. The lowest BCUT2D eigenvalue weighted by Gasteiger charge is -2.38. The molecular weight excluding hydrogens is 398 g/mol. The van der Waals surface area contributed by atoms with Crippen LogP contribution in [0.25, 0.3) is 0 Å². The van der Waals surface area contributed by atoms with Gasteiger partial charge in [-0.2, -0.15) is 0 Å². The van der Waals surface area contributed by atoms with Crippen molar-refractivity contribution < 1.29 is 19.2 Å². The number of fused-ring (bicyclic) bond motifs is 1. The van der Waals surface area contributed by atoms with Crippen LogP contribution in [-0.2, 0) is 16.1 Å². The predicted molar refractivity (Wildman–Crippen MR) is 116 cm³/mol. The summed E-state index contributed by atoms with van der Waals surface area (Å²) in [5.41, 5.74) is 3.21. The Morgan fingerprint density at radius 1 is 1.16 bits per heavy atom. The number of hydrogen-bond donors (Lipinski definition) is 1. The fourth-order valence-corrected chi connectivity index (χ4v) is 3.56. The Morgan fingerprint density at radius 3 is 2.68 bits per heavy atom. The molecule has 0 radical (unpaired) electrons. The van der Waals surface area contributed by atoms with Crippen LogP contribution in [0.5, 0.6) is 5.75 Å². The van der Waals surface area contributed by atoms with Crippen molar-refractivity contribution in [2.75, 3.05) is 23.9 Å². The van der Waals surface area contributed by atoms with Gasteiger partial charge in [0.2, 0.25) is 5.91 Å². The zero-order chi connectivity index (χ0) is 21.8.